The molecule has 3 heteroatoms. The van der Waals surface area contributed by atoms with Gasteiger partial charge in [0.05, 0.1) is 6.61 Å². The molecule has 0 aromatic rings. The molecule has 0 aromatic heterocycles. The lowest BCUT2D eigenvalue weighted by atomic mass is 10.1. The van der Waals surface area contributed by atoms with Gasteiger partial charge in [0.2, 0.25) is 0 Å². The molecule has 0 rings (SSSR count). The predicted molar refractivity (Wildman–Crippen MR) is 60.6 cm³/mol. The Morgan fingerprint density at radius 1 is 1.20 bits per heavy atom. The van der Waals surface area contributed by atoms with Crippen molar-refractivity contribution >= 4 is 5.97 Å². The van der Waals surface area contributed by atoms with Gasteiger partial charge in [-0.25, -0.2) is 0 Å². The van der Waals surface area contributed by atoms with Crippen molar-refractivity contribution in [3.05, 3.63) is 0 Å². The highest BCUT2D eigenvalue weighted by Crippen LogP contribution is 2.07. The Morgan fingerprint density at radius 2 is 1.87 bits per heavy atom. The molecular formula is C12H24O3. The molecule has 0 fully saturated rings. The number of carbonyl (C=O) groups is 1. The van der Waals surface area contributed by atoms with Gasteiger partial charge in [-0.2, -0.15) is 0 Å². The molecule has 0 aliphatic rings. The van der Waals surface area contributed by atoms with Gasteiger partial charge in [0, 0.05) is 6.42 Å². The van der Waals surface area contributed by atoms with E-state index >= 15 is 0 Å². The number of hydrogen-bond donors (Lipinski definition) is 1. The fraction of sp³-hybridized carbons (Fsp3) is 0.917. The van der Waals surface area contributed by atoms with Gasteiger partial charge in [-0.1, -0.05) is 39.5 Å². The third kappa shape index (κ3) is 8.43. The normalized spacial score (nSPS) is 12.5. The number of rotatable bonds is 9. The first-order valence-electron chi connectivity index (χ1n) is 6.04. The van der Waals surface area contributed by atoms with E-state index in [1.807, 2.05) is 6.92 Å². The van der Waals surface area contributed by atoms with Crippen LogP contribution in [0.1, 0.15) is 58.8 Å². The maximum Gasteiger partial charge on any atom is 0.306 e. The summed E-state index contributed by atoms with van der Waals surface area (Å²) in [5.41, 5.74) is 0. The minimum atomic E-state index is -0.312. The lowest BCUT2D eigenvalue weighted by Gasteiger charge is -2.12. The summed E-state index contributed by atoms with van der Waals surface area (Å²) in [5, 5.41) is 8.84. The number of hydrogen-bond acceptors (Lipinski definition) is 3. The molecule has 1 atom stereocenters. The third-order valence-corrected chi connectivity index (χ3v) is 2.44. The lowest BCUT2D eigenvalue weighted by molar-refractivity contribution is -0.151. The first kappa shape index (κ1) is 14.4. The number of aliphatic hydroxyl groups is 1. The highest BCUT2D eigenvalue weighted by molar-refractivity contribution is 5.69. The Labute approximate surface area is 92.8 Å². The average Bonchev–Trinajstić information content (AvgIpc) is 2.25. The third-order valence-electron chi connectivity index (χ3n) is 2.44. The lowest BCUT2D eigenvalue weighted by Crippen LogP contribution is -2.20. The van der Waals surface area contributed by atoms with E-state index in [1.165, 1.54) is 19.3 Å². The van der Waals surface area contributed by atoms with Crippen molar-refractivity contribution in [3.63, 3.8) is 0 Å². The van der Waals surface area contributed by atoms with Gasteiger partial charge in [0.15, 0.2) is 0 Å². The summed E-state index contributed by atoms with van der Waals surface area (Å²) >= 11 is 0. The van der Waals surface area contributed by atoms with Crippen molar-refractivity contribution in [2.45, 2.75) is 64.9 Å². The van der Waals surface area contributed by atoms with Crippen LogP contribution in [0.25, 0.3) is 0 Å². The van der Waals surface area contributed by atoms with Crippen LogP contribution in [0.4, 0.5) is 0 Å². The monoisotopic (exact) mass is 216 g/mol. The van der Waals surface area contributed by atoms with Gasteiger partial charge in [0.1, 0.15) is 6.10 Å². The summed E-state index contributed by atoms with van der Waals surface area (Å²) in [6.45, 7) is 3.99. The van der Waals surface area contributed by atoms with E-state index < -0.39 is 0 Å². The number of carbonyl (C=O) groups excluding carboxylic acids is 1. The molecule has 0 saturated carbocycles. The second-order valence-corrected chi connectivity index (χ2v) is 3.87. The van der Waals surface area contributed by atoms with Gasteiger partial charge >= 0.3 is 5.97 Å². The Bertz CT molecular complexity index is 153. The number of aliphatic hydroxyl groups excluding tert-OH is 1. The van der Waals surface area contributed by atoms with Crippen molar-refractivity contribution in [2.24, 2.45) is 0 Å². The molecule has 90 valence electrons. The van der Waals surface area contributed by atoms with Crippen LogP contribution in [-0.4, -0.2) is 23.8 Å². The Kier molecular flexibility index (Phi) is 9.59. The van der Waals surface area contributed by atoms with Gasteiger partial charge in [-0.05, 0) is 12.8 Å². The van der Waals surface area contributed by atoms with Crippen LogP contribution in [0.2, 0.25) is 0 Å². The number of unbranched alkanes of at least 4 members (excludes halogenated alkanes) is 4. The van der Waals surface area contributed by atoms with E-state index in [9.17, 15) is 4.79 Å². The smallest absolute Gasteiger partial charge is 0.306 e. The Balaban J connectivity index is 3.40. The molecule has 3 nitrogen and oxygen atoms in total. The molecule has 1 N–H and O–H groups in total. The SMILES string of the molecule is CCCCCCCC(=O)OC(CC)CO. The summed E-state index contributed by atoms with van der Waals surface area (Å²) in [5.74, 6) is -0.174. The second kappa shape index (κ2) is 9.97. The highest BCUT2D eigenvalue weighted by Gasteiger charge is 2.10. The molecule has 1 unspecified atom stereocenters. The molecule has 0 aliphatic heterocycles. The molecule has 0 bridgehead atoms. The van der Waals surface area contributed by atoms with Crippen molar-refractivity contribution in [1.29, 1.82) is 0 Å². The van der Waals surface area contributed by atoms with E-state index in [0.717, 1.165) is 12.8 Å². The molecule has 15 heavy (non-hydrogen) atoms. The summed E-state index contributed by atoms with van der Waals surface area (Å²) in [6, 6.07) is 0. The van der Waals surface area contributed by atoms with E-state index in [1.54, 1.807) is 0 Å². The average molecular weight is 216 g/mol. The van der Waals surface area contributed by atoms with Crippen LogP contribution < -0.4 is 0 Å². The predicted octanol–water partition coefficient (Wildman–Crippen LogP) is 2.66. The Hall–Kier alpha value is -0.570. The molecule has 0 aliphatic carbocycles. The zero-order valence-corrected chi connectivity index (χ0v) is 10.00. The van der Waals surface area contributed by atoms with Gasteiger partial charge in [0.25, 0.3) is 0 Å². The molecule has 0 saturated heterocycles. The highest BCUT2D eigenvalue weighted by atomic mass is 16.5. The van der Waals surface area contributed by atoms with Gasteiger partial charge < -0.3 is 9.84 Å². The van der Waals surface area contributed by atoms with Crippen molar-refractivity contribution < 1.29 is 14.6 Å². The first-order valence-corrected chi connectivity index (χ1v) is 6.04. The minimum Gasteiger partial charge on any atom is -0.460 e. The van der Waals surface area contributed by atoms with E-state index in [-0.39, 0.29) is 18.7 Å². The maximum atomic E-state index is 11.3. The number of ether oxygens (including phenoxy) is 1. The maximum absolute atomic E-state index is 11.3. The summed E-state index contributed by atoms with van der Waals surface area (Å²) in [6.07, 6.45) is 6.50. The zero-order chi connectivity index (χ0) is 11.5. The molecular weight excluding hydrogens is 192 g/mol. The fourth-order valence-electron chi connectivity index (χ4n) is 1.37. The quantitative estimate of drug-likeness (QED) is 0.476. The zero-order valence-electron chi connectivity index (χ0n) is 10.00. The minimum absolute atomic E-state index is 0.0714. The molecule has 0 radical (unpaired) electrons. The molecule has 0 heterocycles. The van der Waals surface area contributed by atoms with Crippen molar-refractivity contribution in [1.82, 2.24) is 0 Å². The van der Waals surface area contributed by atoms with Crippen LogP contribution >= 0.6 is 0 Å². The van der Waals surface area contributed by atoms with Crippen LogP contribution in [0.3, 0.4) is 0 Å². The largest absolute Gasteiger partial charge is 0.460 e. The van der Waals surface area contributed by atoms with Crippen molar-refractivity contribution in [2.75, 3.05) is 6.61 Å². The summed E-state index contributed by atoms with van der Waals surface area (Å²) in [4.78, 5) is 11.3. The number of esters is 1. The van der Waals surface area contributed by atoms with Crippen molar-refractivity contribution in [3.8, 4) is 0 Å². The Morgan fingerprint density at radius 3 is 2.40 bits per heavy atom. The van der Waals surface area contributed by atoms with E-state index in [2.05, 4.69) is 6.92 Å². The van der Waals surface area contributed by atoms with Crippen LogP contribution in [-0.2, 0) is 9.53 Å². The topological polar surface area (TPSA) is 46.5 Å². The van der Waals surface area contributed by atoms with Gasteiger partial charge in [-0.15, -0.1) is 0 Å². The van der Waals surface area contributed by atoms with Gasteiger partial charge in [-0.3, -0.25) is 4.79 Å². The molecule has 0 spiro atoms. The first-order chi connectivity index (χ1) is 7.24. The summed E-state index contributed by atoms with van der Waals surface area (Å²) < 4.78 is 5.07. The van der Waals surface area contributed by atoms with Crippen LogP contribution in [0, 0.1) is 0 Å². The summed E-state index contributed by atoms with van der Waals surface area (Å²) in [7, 11) is 0. The van der Waals surface area contributed by atoms with Crippen LogP contribution in [0.15, 0.2) is 0 Å². The standard InChI is InChI=1S/C12H24O3/c1-3-5-6-7-8-9-12(14)15-11(4-2)10-13/h11,13H,3-10H2,1-2H3. The fourth-order valence-corrected chi connectivity index (χ4v) is 1.37. The molecule has 0 aromatic carbocycles. The van der Waals surface area contributed by atoms with Crippen LogP contribution in [0.5, 0.6) is 0 Å². The van der Waals surface area contributed by atoms with E-state index in [4.69, 9.17) is 9.84 Å². The second-order valence-electron chi connectivity index (χ2n) is 3.87. The van der Waals surface area contributed by atoms with E-state index in [0.29, 0.717) is 12.8 Å². The molecule has 0 amide bonds.